The van der Waals surface area contributed by atoms with Crippen LogP contribution in [0.25, 0.3) is 0 Å². The van der Waals surface area contributed by atoms with Gasteiger partial charge in [-0.3, -0.25) is 4.79 Å². The van der Waals surface area contributed by atoms with Gasteiger partial charge in [0.25, 0.3) is 5.91 Å². The predicted molar refractivity (Wildman–Crippen MR) is 72.0 cm³/mol. The molecule has 3 atom stereocenters. The SMILES string of the molecule is CC1CCN(c2cc3c(cc2F)C(O)C(=O)N3)CC1O. The average Bonchev–Trinajstić information content (AvgIpc) is 2.68. The summed E-state index contributed by atoms with van der Waals surface area (Å²) < 4.78 is 14.2. The van der Waals surface area contributed by atoms with Crippen molar-refractivity contribution in [3.63, 3.8) is 0 Å². The Morgan fingerprint density at radius 3 is 2.85 bits per heavy atom. The van der Waals surface area contributed by atoms with Gasteiger partial charge in [-0.05, 0) is 24.5 Å². The second kappa shape index (κ2) is 4.71. The Morgan fingerprint density at radius 1 is 1.40 bits per heavy atom. The average molecular weight is 280 g/mol. The van der Waals surface area contributed by atoms with Crippen molar-refractivity contribution in [3.8, 4) is 0 Å². The summed E-state index contributed by atoms with van der Waals surface area (Å²) in [6, 6.07) is 2.72. The standard InChI is InChI=1S/C14H17FN2O3/c1-7-2-3-17(6-12(7)18)11-5-10-8(4-9(11)15)13(19)14(20)16-10/h4-5,7,12-13,18-19H,2-3,6H2,1H3,(H,16,20). The summed E-state index contributed by atoms with van der Waals surface area (Å²) in [6.45, 7) is 3.00. The molecule has 0 bridgehead atoms. The third-order valence-corrected chi connectivity index (χ3v) is 4.18. The van der Waals surface area contributed by atoms with Gasteiger partial charge in [0.05, 0.1) is 11.8 Å². The normalized spacial score (nSPS) is 29.3. The molecule has 1 saturated heterocycles. The van der Waals surface area contributed by atoms with Gasteiger partial charge in [-0.25, -0.2) is 4.39 Å². The van der Waals surface area contributed by atoms with Gasteiger partial charge in [-0.2, -0.15) is 0 Å². The zero-order valence-electron chi connectivity index (χ0n) is 11.1. The summed E-state index contributed by atoms with van der Waals surface area (Å²) in [5.74, 6) is -0.824. The highest BCUT2D eigenvalue weighted by atomic mass is 19.1. The lowest BCUT2D eigenvalue weighted by Crippen LogP contribution is -2.43. The number of nitrogens with zero attached hydrogens (tertiary/aromatic N) is 1. The van der Waals surface area contributed by atoms with E-state index in [4.69, 9.17) is 0 Å². The molecule has 20 heavy (non-hydrogen) atoms. The van der Waals surface area contributed by atoms with Crippen LogP contribution in [-0.4, -0.2) is 35.3 Å². The van der Waals surface area contributed by atoms with Crippen LogP contribution < -0.4 is 10.2 Å². The van der Waals surface area contributed by atoms with Crippen LogP contribution in [0.15, 0.2) is 12.1 Å². The minimum Gasteiger partial charge on any atom is -0.391 e. The van der Waals surface area contributed by atoms with E-state index in [-0.39, 0.29) is 11.5 Å². The summed E-state index contributed by atoms with van der Waals surface area (Å²) in [5, 5.41) is 22.1. The number of benzene rings is 1. The molecule has 2 aliphatic rings. The Balaban J connectivity index is 1.92. The molecule has 6 heteroatoms. The second-order valence-electron chi connectivity index (χ2n) is 5.56. The number of halogens is 1. The molecule has 0 saturated carbocycles. The number of β-amino-alcohol motifs (C(OH)–C–C–N with tert-alkyl or cyclic N) is 1. The molecule has 0 aliphatic carbocycles. The molecule has 0 spiro atoms. The fourth-order valence-corrected chi connectivity index (χ4v) is 2.76. The molecule has 2 aliphatic heterocycles. The molecule has 1 aromatic carbocycles. The highest BCUT2D eigenvalue weighted by molar-refractivity contribution is 6.02. The van der Waals surface area contributed by atoms with Crippen LogP contribution in [0.1, 0.15) is 25.0 Å². The van der Waals surface area contributed by atoms with E-state index in [0.717, 1.165) is 6.42 Å². The number of aliphatic hydroxyl groups excluding tert-OH is 2. The zero-order valence-corrected chi connectivity index (χ0v) is 11.1. The quantitative estimate of drug-likeness (QED) is 0.718. The molecule has 3 unspecified atom stereocenters. The van der Waals surface area contributed by atoms with Crippen LogP contribution in [0.3, 0.4) is 0 Å². The van der Waals surface area contributed by atoms with Crippen molar-refractivity contribution in [3.05, 3.63) is 23.5 Å². The number of carbonyl (C=O) groups is 1. The fourth-order valence-electron chi connectivity index (χ4n) is 2.76. The molecule has 5 nitrogen and oxygen atoms in total. The van der Waals surface area contributed by atoms with E-state index < -0.39 is 23.9 Å². The van der Waals surface area contributed by atoms with E-state index >= 15 is 0 Å². The number of anilines is 2. The van der Waals surface area contributed by atoms with Crippen molar-refractivity contribution >= 4 is 17.3 Å². The maximum absolute atomic E-state index is 14.2. The van der Waals surface area contributed by atoms with Crippen LogP contribution in [0.2, 0.25) is 0 Å². The summed E-state index contributed by atoms with van der Waals surface area (Å²) in [4.78, 5) is 13.2. The Morgan fingerprint density at radius 2 is 2.15 bits per heavy atom. The van der Waals surface area contributed by atoms with Gasteiger partial charge >= 0.3 is 0 Å². The number of rotatable bonds is 1. The van der Waals surface area contributed by atoms with Crippen LogP contribution in [0.4, 0.5) is 15.8 Å². The third kappa shape index (κ3) is 2.05. The van der Waals surface area contributed by atoms with Gasteiger partial charge in [0, 0.05) is 24.3 Å². The second-order valence-corrected chi connectivity index (χ2v) is 5.56. The van der Waals surface area contributed by atoms with E-state index in [1.54, 1.807) is 4.90 Å². The van der Waals surface area contributed by atoms with Crippen molar-refractivity contribution < 1.29 is 19.4 Å². The molecule has 0 radical (unpaired) electrons. The summed E-state index contributed by atoms with van der Waals surface area (Å²) in [6.07, 6.45) is -1.01. The minimum absolute atomic E-state index is 0.199. The Labute approximate surface area is 116 Å². The smallest absolute Gasteiger partial charge is 0.257 e. The first-order chi connectivity index (χ1) is 9.47. The first-order valence-electron chi connectivity index (χ1n) is 6.72. The summed E-state index contributed by atoms with van der Waals surface area (Å²) in [5.41, 5.74) is 1.05. The summed E-state index contributed by atoms with van der Waals surface area (Å²) >= 11 is 0. The maximum atomic E-state index is 14.2. The van der Waals surface area contributed by atoms with Crippen LogP contribution >= 0.6 is 0 Å². The first kappa shape index (κ1) is 13.3. The van der Waals surface area contributed by atoms with E-state index in [1.165, 1.54) is 12.1 Å². The monoisotopic (exact) mass is 280 g/mol. The lowest BCUT2D eigenvalue weighted by molar-refractivity contribution is -0.123. The number of aliphatic hydroxyl groups is 2. The lowest BCUT2D eigenvalue weighted by Gasteiger charge is -2.36. The van der Waals surface area contributed by atoms with Crippen LogP contribution in [0.5, 0.6) is 0 Å². The minimum atomic E-state index is -1.31. The molecule has 1 aromatic rings. The zero-order chi connectivity index (χ0) is 14.4. The number of nitrogens with one attached hydrogen (secondary N) is 1. The Hall–Kier alpha value is -1.66. The molecule has 2 heterocycles. The largest absolute Gasteiger partial charge is 0.391 e. The topological polar surface area (TPSA) is 72.8 Å². The molecule has 1 amide bonds. The molecular weight excluding hydrogens is 263 g/mol. The highest BCUT2D eigenvalue weighted by Gasteiger charge is 2.32. The number of amides is 1. The van der Waals surface area contributed by atoms with Gasteiger partial charge in [0.1, 0.15) is 5.82 Å². The van der Waals surface area contributed by atoms with Gasteiger partial charge in [-0.15, -0.1) is 0 Å². The Bertz CT molecular complexity index is 564. The van der Waals surface area contributed by atoms with E-state index in [9.17, 15) is 19.4 Å². The van der Waals surface area contributed by atoms with Gasteiger partial charge in [-0.1, -0.05) is 6.92 Å². The fraction of sp³-hybridized carbons (Fsp3) is 0.500. The van der Waals surface area contributed by atoms with Crippen LogP contribution in [-0.2, 0) is 4.79 Å². The predicted octanol–water partition coefficient (Wildman–Crippen LogP) is 1.02. The number of carbonyl (C=O) groups excluding carboxylic acids is 1. The number of hydrogen-bond acceptors (Lipinski definition) is 4. The molecular formula is C14H17FN2O3. The number of piperidine rings is 1. The lowest BCUT2D eigenvalue weighted by atomic mass is 9.95. The van der Waals surface area contributed by atoms with Crippen molar-refractivity contribution in [1.29, 1.82) is 0 Å². The summed E-state index contributed by atoms with van der Waals surface area (Å²) in [7, 11) is 0. The van der Waals surface area contributed by atoms with Gasteiger partial charge in [0.2, 0.25) is 0 Å². The van der Waals surface area contributed by atoms with E-state index in [2.05, 4.69) is 5.32 Å². The highest BCUT2D eigenvalue weighted by Crippen LogP contribution is 2.37. The Kier molecular flexibility index (Phi) is 3.14. The van der Waals surface area contributed by atoms with Crippen LogP contribution in [0, 0.1) is 11.7 Å². The number of fused-ring (bicyclic) bond motifs is 1. The molecule has 3 rings (SSSR count). The van der Waals surface area contributed by atoms with E-state index in [1.807, 2.05) is 6.92 Å². The molecule has 1 fully saturated rings. The van der Waals surface area contributed by atoms with Gasteiger partial charge < -0.3 is 20.4 Å². The van der Waals surface area contributed by atoms with Crippen molar-refractivity contribution in [2.24, 2.45) is 5.92 Å². The van der Waals surface area contributed by atoms with Crippen molar-refractivity contribution in [2.75, 3.05) is 23.3 Å². The third-order valence-electron chi connectivity index (χ3n) is 4.18. The first-order valence-corrected chi connectivity index (χ1v) is 6.72. The van der Waals surface area contributed by atoms with Crippen molar-refractivity contribution in [2.45, 2.75) is 25.6 Å². The van der Waals surface area contributed by atoms with Crippen molar-refractivity contribution in [1.82, 2.24) is 0 Å². The maximum Gasteiger partial charge on any atom is 0.257 e. The molecule has 0 aromatic heterocycles. The van der Waals surface area contributed by atoms with E-state index in [0.29, 0.717) is 24.5 Å². The molecule has 108 valence electrons. The number of hydrogen-bond donors (Lipinski definition) is 3. The molecule has 3 N–H and O–H groups in total. The van der Waals surface area contributed by atoms with Gasteiger partial charge in [0.15, 0.2) is 6.10 Å².